The normalized spacial score (nSPS) is 37.9. The zero-order valence-electron chi connectivity index (χ0n) is 12.4. The summed E-state index contributed by atoms with van der Waals surface area (Å²) in [4.78, 5) is 11.4. The van der Waals surface area contributed by atoms with Gasteiger partial charge in [-0.05, 0) is 43.9 Å². The standard InChI is InChI=1S/C14H27N3O3/c1-3-6-20-13-5-4-10(7-9(13)2)11-8-12(16-15-11)14(18)17-19/h9-13,15-16,19H,3-8H2,1-2H3,(H,17,18). The Morgan fingerprint density at radius 1 is 1.35 bits per heavy atom. The van der Waals surface area contributed by atoms with E-state index in [2.05, 4.69) is 24.7 Å². The summed E-state index contributed by atoms with van der Waals surface area (Å²) in [7, 11) is 0. The maximum absolute atomic E-state index is 11.4. The van der Waals surface area contributed by atoms with Gasteiger partial charge >= 0.3 is 0 Å². The molecule has 116 valence electrons. The fourth-order valence-corrected chi connectivity index (χ4v) is 3.43. The van der Waals surface area contributed by atoms with E-state index < -0.39 is 0 Å². The Morgan fingerprint density at radius 2 is 2.15 bits per heavy atom. The van der Waals surface area contributed by atoms with Crippen molar-refractivity contribution in [2.75, 3.05) is 6.61 Å². The van der Waals surface area contributed by atoms with Gasteiger partial charge in [0, 0.05) is 12.6 Å². The molecule has 2 aliphatic rings. The third-order valence-electron chi connectivity index (χ3n) is 4.60. The molecular formula is C14H27N3O3. The lowest BCUT2D eigenvalue weighted by Gasteiger charge is -2.36. The molecule has 2 rings (SSSR count). The molecule has 1 saturated carbocycles. The Labute approximate surface area is 120 Å². The second kappa shape index (κ2) is 7.36. The number of hydrogen-bond donors (Lipinski definition) is 4. The number of rotatable bonds is 5. The average Bonchev–Trinajstić information content (AvgIpc) is 2.95. The van der Waals surface area contributed by atoms with Crippen LogP contribution in [0.4, 0.5) is 0 Å². The Kier molecular flexibility index (Phi) is 5.77. The van der Waals surface area contributed by atoms with E-state index in [9.17, 15) is 4.79 Å². The third-order valence-corrected chi connectivity index (χ3v) is 4.60. The lowest BCUT2D eigenvalue weighted by molar-refractivity contribution is -0.131. The first-order chi connectivity index (χ1) is 9.65. The van der Waals surface area contributed by atoms with Crippen molar-refractivity contribution in [1.82, 2.24) is 16.3 Å². The zero-order chi connectivity index (χ0) is 14.5. The zero-order valence-corrected chi connectivity index (χ0v) is 12.4. The molecule has 6 heteroatoms. The van der Waals surface area contributed by atoms with Crippen molar-refractivity contribution in [2.24, 2.45) is 11.8 Å². The van der Waals surface area contributed by atoms with E-state index in [4.69, 9.17) is 9.94 Å². The third kappa shape index (κ3) is 3.69. The molecule has 20 heavy (non-hydrogen) atoms. The van der Waals surface area contributed by atoms with E-state index >= 15 is 0 Å². The maximum Gasteiger partial charge on any atom is 0.261 e. The van der Waals surface area contributed by atoms with Crippen LogP contribution in [0.15, 0.2) is 0 Å². The Balaban J connectivity index is 1.80. The van der Waals surface area contributed by atoms with Crippen molar-refractivity contribution in [1.29, 1.82) is 0 Å². The molecule has 6 nitrogen and oxygen atoms in total. The van der Waals surface area contributed by atoms with Crippen molar-refractivity contribution < 1.29 is 14.7 Å². The molecule has 0 radical (unpaired) electrons. The number of carbonyl (C=O) groups excluding carboxylic acids is 1. The summed E-state index contributed by atoms with van der Waals surface area (Å²) in [5.41, 5.74) is 7.88. The number of hydroxylamine groups is 1. The van der Waals surface area contributed by atoms with Gasteiger partial charge in [-0.2, -0.15) is 0 Å². The smallest absolute Gasteiger partial charge is 0.261 e. The highest BCUT2D eigenvalue weighted by Crippen LogP contribution is 2.35. The summed E-state index contributed by atoms with van der Waals surface area (Å²) in [6.07, 6.45) is 5.54. The molecule has 1 aliphatic carbocycles. The van der Waals surface area contributed by atoms with Crippen LogP contribution in [-0.2, 0) is 9.53 Å². The van der Waals surface area contributed by atoms with Gasteiger partial charge in [-0.3, -0.25) is 15.4 Å². The second-order valence-corrected chi connectivity index (χ2v) is 6.12. The number of ether oxygens (including phenoxy) is 1. The summed E-state index contributed by atoms with van der Waals surface area (Å²) in [5, 5.41) is 8.67. The van der Waals surface area contributed by atoms with E-state index in [1.807, 2.05) is 0 Å². The molecule has 1 heterocycles. The molecule has 0 aromatic rings. The number of hydrazine groups is 1. The lowest BCUT2D eigenvalue weighted by Crippen LogP contribution is -2.43. The number of hydrogen-bond acceptors (Lipinski definition) is 5. The topological polar surface area (TPSA) is 82.6 Å². The van der Waals surface area contributed by atoms with E-state index in [1.54, 1.807) is 5.48 Å². The van der Waals surface area contributed by atoms with E-state index in [-0.39, 0.29) is 11.9 Å². The average molecular weight is 285 g/mol. The first-order valence-electron chi connectivity index (χ1n) is 7.72. The molecule has 5 unspecified atom stereocenters. The lowest BCUT2D eigenvalue weighted by atomic mass is 9.76. The van der Waals surface area contributed by atoms with Gasteiger partial charge in [0.15, 0.2) is 0 Å². The van der Waals surface area contributed by atoms with E-state index in [0.29, 0.717) is 24.0 Å². The Bertz CT molecular complexity index is 327. The fourth-order valence-electron chi connectivity index (χ4n) is 3.43. The first-order valence-corrected chi connectivity index (χ1v) is 7.72. The highest BCUT2D eigenvalue weighted by Gasteiger charge is 2.37. The highest BCUT2D eigenvalue weighted by molar-refractivity contribution is 5.80. The molecule has 1 saturated heterocycles. The molecule has 1 aliphatic heterocycles. The fraction of sp³-hybridized carbons (Fsp3) is 0.929. The van der Waals surface area contributed by atoms with Crippen LogP contribution in [0.1, 0.15) is 46.0 Å². The quantitative estimate of drug-likeness (QED) is 0.447. The summed E-state index contributed by atoms with van der Waals surface area (Å²) >= 11 is 0. The van der Waals surface area contributed by atoms with Gasteiger partial charge in [0.1, 0.15) is 6.04 Å². The molecule has 4 N–H and O–H groups in total. The largest absolute Gasteiger partial charge is 0.378 e. The van der Waals surface area contributed by atoms with Crippen molar-refractivity contribution in [3.05, 3.63) is 0 Å². The van der Waals surface area contributed by atoms with Crippen LogP contribution in [-0.4, -0.2) is 35.9 Å². The van der Waals surface area contributed by atoms with Crippen molar-refractivity contribution in [3.8, 4) is 0 Å². The monoisotopic (exact) mass is 285 g/mol. The van der Waals surface area contributed by atoms with Gasteiger partial charge in [0.25, 0.3) is 5.91 Å². The predicted octanol–water partition coefficient (Wildman–Crippen LogP) is 0.958. The molecule has 0 spiro atoms. The van der Waals surface area contributed by atoms with Crippen LogP contribution in [0.25, 0.3) is 0 Å². The van der Waals surface area contributed by atoms with Crippen LogP contribution >= 0.6 is 0 Å². The van der Waals surface area contributed by atoms with Gasteiger partial charge in [-0.15, -0.1) is 0 Å². The van der Waals surface area contributed by atoms with Gasteiger partial charge in [-0.1, -0.05) is 13.8 Å². The van der Waals surface area contributed by atoms with Gasteiger partial charge in [-0.25, -0.2) is 10.9 Å². The minimum atomic E-state index is -0.368. The molecule has 0 aromatic heterocycles. The summed E-state index contributed by atoms with van der Waals surface area (Å²) < 4.78 is 5.90. The minimum Gasteiger partial charge on any atom is -0.378 e. The Morgan fingerprint density at radius 3 is 2.80 bits per heavy atom. The molecule has 0 aromatic carbocycles. The van der Waals surface area contributed by atoms with Crippen LogP contribution in [0.3, 0.4) is 0 Å². The van der Waals surface area contributed by atoms with Crippen molar-refractivity contribution in [2.45, 2.75) is 64.1 Å². The molecule has 5 atom stereocenters. The Hall–Kier alpha value is -0.690. The predicted molar refractivity (Wildman–Crippen MR) is 74.9 cm³/mol. The van der Waals surface area contributed by atoms with Gasteiger partial charge < -0.3 is 4.74 Å². The second-order valence-electron chi connectivity index (χ2n) is 6.12. The van der Waals surface area contributed by atoms with Crippen molar-refractivity contribution >= 4 is 5.91 Å². The maximum atomic E-state index is 11.4. The summed E-state index contributed by atoms with van der Waals surface area (Å²) in [5.74, 6) is 0.760. The summed E-state index contributed by atoms with van der Waals surface area (Å²) in [6, 6.07) is -0.0405. The van der Waals surface area contributed by atoms with Crippen LogP contribution in [0, 0.1) is 11.8 Å². The molecule has 0 bridgehead atoms. The first kappa shape index (κ1) is 15.7. The number of amides is 1. The van der Waals surface area contributed by atoms with Gasteiger partial charge in [0.2, 0.25) is 0 Å². The highest BCUT2D eigenvalue weighted by atomic mass is 16.5. The van der Waals surface area contributed by atoms with Crippen LogP contribution < -0.4 is 16.3 Å². The molecule has 2 fully saturated rings. The van der Waals surface area contributed by atoms with Crippen LogP contribution in [0.5, 0.6) is 0 Å². The van der Waals surface area contributed by atoms with Crippen LogP contribution in [0.2, 0.25) is 0 Å². The van der Waals surface area contributed by atoms with E-state index in [0.717, 1.165) is 38.7 Å². The summed E-state index contributed by atoms with van der Waals surface area (Å²) in [6.45, 7) is 5.24. The molecule has 1 amide bonds. The minimum absolute atomic E-state index is 0.298. The molecular weight excluding hydrogens is 258 g/mol. The van der Waals surface area contributed by atoms with Crippen molar-refractivity contribution in [3.63, 3.8) is 0 Å². The number of nitrogens with one attached hydrogen (secondary N) is 3. The van der Waals surface area contributed by atoms with Gasteiger partial charge in [0.05, 0.1) is 6.10 Å². The van der Waals surface area contributed by atoms with E-state index in [1.165, 1.54) is 0 Å². The SMILES string of the molecule is CCCOC1CCC(C2CC(C(=O)NO)NN2)CC1C. The number of carbonyl (C=O) groups is 1.